The molecule has 2 heterocycles. The summed E-state index contributed by atoms with van der Waals surface area (Å²) in [6.45, 7) is 3.39. The van der Waals surface area contributed by atoms with Gasteiger partial charge in [-0.1, -0.05) is 6.07 Å². The van der Waals surface area contributed by atoms with Crippen LogP contribution in [0.2, 0.25) is 0 Å². The van der Waals surface area contributed by atoms with Crippen LogP contribution in [0.4, 0.5) is 5.82 Å². The third-order valence-electron chi connectivity index (χ3n) is 3.70. The molecule has 0 bridgehead atoms. The fourth-order valence-corrected chi connectivity index (χ4v) is 2.52. The SMILES string of the molecule is CNc1ccc(CN2CCCC(N(C)C)C2)cn1. The van der Waals surface area contributed by atoms with Gasteiger partial charge in [-0.15, -0.1) is 0 Å². The van der Waals surface area contributed by atoms with Crippen LogP contribution in [0.3, 0.4) is 0 Å². The summed E-state index contributed by atoms with van der Waals surface area (Å²) in [5.74, 6) is 0.934. The number of hydrogen-bond acceptors (Lipinski definition) is 4. The van der Waals surface area contributed by atoms with Crippen LogP contribution >= 0.6 is 0 Å². The first-order chi connectivity index (χ1) is 8.69. The van der Waals surface area contributed by atoms with E-state index in [-0.39, 0.29) is 0 Å². The Kier molecular flexibility index (Phi) is 4.55. The third kappa shape index (κ3) is 3.43. The van der Waals surface area contributed by atoms with Crippen LogP contribution in [0.5, 0.6) is 0 Å². The number of likely N-dealkylation sites (tertiary alicyclic amines) is 1. The maximum atomic E-state index is 4.37. The highest BCUT2D eigenvalue weighted by molar-refractivity contribution is 5.34. The molecule has 1 aromatic heterocycles. The second kappa shape index (κ2) is 6.16. The average molecular weight is 248 g/mol. The highest BCUT2D eigenvalue weighted by Gasteiger charge is 2.21. The van der Waals surface area contributed by atoms with Crippen LogP contribution < -0.4 is 5.32 Å². The molecule has 0 spiro atoms. The lowest BCUT2D eigenvalue weighted by atomic mass is 10.0. The topological polar surface area (TPSA) is 31.4 Å². The lowest BCUT2D eigenvalue weighted by molar-refractivity contribution is 0.128. The van der Waals surface area contributed by atoms with Gasteiger partial charge in [0.15, 0.2) is 0 Å². The van der Waals surface area contributed by atoms with Crippen molar-refractivity contribution < 1.29 is 0 Å². The van der Waals surface area contributed by atoms with E-state index in [0.29, 0.717) is 6.04 Å². The number of likely N-dealkylation sites (N-methyl/N-ethyl adjacent to an activating group) is 1. The van der Waals surface area contributed by atoms with Gasteiger partial charge in [0.2, 0.25) is 0 Å². The van der Waals surface area contributed by atoms with Crippen molar-refractivity contribution in [3.8, 4) is 0 Å². The summed E-state index contributed by atoms with van der Waals surface area (Å²) < 4.78 is 0. The first-order valence-electron chi connectivity index (χ1n) is 6.70. The Morgan fingerprint density at radius 1 is 1.44 bits per heavy atom. The zero-order valence-electron chi connectivity index (χ0n) is 11.7. The maximum Gasteiger partial charge on any atom is 0.125 e. The molecule has 0 saturated carbocycles. The van der Waals surface area contributed by atoms with Crippen LogP contribution in [-0.4, -0.2) is 55.1 Å². The molecule has 100 valence electrons. The molecule has 1 atom stereocenters. The van der Waals surface area contributed by atoms with E-state index in [1.807, 2.05) is 19.3 Å². The van der Waals surface area contributed by atoms with Crippen LogP contribution in [0, 0.1) is 0 Å². The monoisotopic (exact) mass is 248 g/mol. The molecule has 4 nitrogen and oxygen atoms in total. The van der Waals surface area contributed by atoms with Crippen LogP contribution in [0.15, 0.2) is 18.3 Å². The van der Waals surface area contributed by atoms with Crippen molar-refractivity contribution in [2.45, 2.75) is 25.4 Å². The van der Waals surface area contributed by atoms with Gasteiger partial charge < -0.3 is 10.2 Å². The van der Waals surface area contributed by atoms with Crippen molar-refractivity contribution in [2.24, 2.45) is 0 Å². The smallest absolute Gasteiger partial charge is 0.125 e. The molecular formula is C14H24N4. The fourth-order valence-electron chi connectivity index (χ4n) is 2.52. The predicted octanol–water partition coefficient (Wildman–Crippen LogP) is 1.65. The Balaban J connectivity index is 1.91. The highest BCUT2D eigenvalue weighted by Crippen LogP contribution is 2.16. The number of aromatic nitrogens is 1. The maximum absolute atomic E-state index is 4.37. The van der Waals surface area contributed by atoms with Gasteiger partial charge in [-0.2, -0.15) is 0 Å². The van der Waals surface area contributed by atoms with Crippen molar-refractivity contribution >= 4 is 5.82 Å². The van der Waals surface area contributed by atoms with E-state index in [4.69, 9.17) is 0 Å². The molecule has 1 fully saturated rings. The summed E-state index contributed by atoms with van der Waals surface area (Å²) in [4.78, 5) is 9.24. The molecule has 1 aliphatic heterocycles. The fraction of sp³-hybridized carbons (Fsp3) is 0.643. The number of anilines is 1. The second-order valence-electron chi connectivity index (χ2n) is 5.30. The zero-order chi connectivity index (χ0) is 13.0. The summed E-state index contributed by atoms with van der Waals surface area (Å²) >= 11 is 0. The lowest BCUT2D eigenvalue weighted by Gasteiger charge is -2.36. The van der Waals surface area contributed by atoms with Crippen molar-refractivity contribution in [1.29, 1.82) is 0 Å². The normalized spacial score (nSPS) is 21.2. The summed E-state index contributed by atoms with van der Waals surface area (Å²) in [6.07, 6.45) is 4.59. The first kappa shape index (κ1) is 13.3. The largest absolute Gasteiger partial charge is 0.373 e. The number of nitrogens with zero attached hydrogens (tertiary/aromatic N) is 3. The Hall–Kier alpha value is -1.13. The average Bonchev–Trinajstić information content (AvgIpc) is 2.40. The molecule has 0 radical (unpaired) electrons. The summed E-state index contributed by atoms with van der Waals surface area (Å²) in [6, 6.07) is 4.91. The molecule has 1 aromatic rings. The molecular weight excluding hydrogens is 224 g/mol. The van der Waals surface area contributed by atoms with Gasteiger partial charge in [0.05, 0.1) is 0 Å². The standard InChI is InChI=1S/C14H24N4/c1-15-14-7-6-12(9-16-14)10-18-8-4-5-13(11-18)17(2)3/h6-7,9,13H,4-5,8,10-11H2,1-3H3,(H,15,16). The van der Waals surface area contributed by atoms with E-state index < -0.39 is 0 Å². The Labute approximate surface area is 110 Å². The zero-order valence-corrected chi connectivity index (χ0v) is 11.7. The molecule has 0 aliphatic carbocycles. The van der Waals surface area contributed by atoms with Gasteiger partial charge in [-0.3, -0.25) is 4.90 Å². The van der Waals surface area contributed by atoms with Gasteiger partial charge in [0.1, 0.15) is 5.82 Å². The summed E-state index contributed by atoms with van der Waals surface area (Å²) in [5, 5.41) is 3.05. The molecule has 1 N–H and O–H groups in total. The van der Waals surface area contributed by atoms with Gasteiger partial charge in [-0.25, -0.2) is 4.98 Å². The Bertz CT molecular complexity index is 361. The van der Waals surface area contributed by atoms with E-state index in [2.05, 4.69) is 40.3 Å². The van der Waals surface area contributed by atoms with Gasteiger partial charge in [0, 0.05) is 32.4 Å². The van der Waals surface area contributed by atoms with Crippen LogP contribution in [0.25, 0.3) is 0 Å². The van der Waals surface area contributed by atoms with Gasteiger partial charge >= 0.3 is 0 Å². The van der Waals surface area contributed by atoms with Crippen LogP contribution in [0.1, 0.15) is 18.4 Å². The quantitative estimate of drug-likeness (QED) is 0.878. The molecule has 0 aromatic carbocycles. The summed E-state index contributed by atoms with van der Waals surface area (Å²) in [7, 11) is 6.25. The lowest BCUT2D eigenvalue weighted by Crippen LogP contribution is -2.44. The number of piperidine rings is 1. The number of rotatable bonds is 4. The number of nitrogens with one attached hydrogen (secondary N) is 1. The minimum atomic E-state index is 0.697. The number of pyridine rings is 1. The number of hydrogen-bond donors (Lipinski definition) is 1. The molecule has 0 amide bonds. The Morgan fingerprint density at radius 2 is 2.28 bits per heavy atom. The van der Waals surface area contributed by atoms with Crippen molar-refractivity contribution in [3.63, 3.8) is 0 Å². The van der Waals surface area contributed by atoms with Crippen molar-refractivity contribution in [1.82, 2.24) is 14.8 Å². The molecule has 1 unspecified atom stereocenters. The second-order valence-corrected chi connectivity index (χ2v) is 5.30. The van der Waals surface area contributed by atoms with E-state index in [1.54, 1.807) is 0 Å². The molecule has 2 rings (SSSR count). The third-order valence-corrected chi connectivity index (χ3v) is 3.70. The molecule has 18 heavy (non-hydrogen) atoms. The first-order valence-corrected chi connectivity index (χ1v) is 6.70. The van der Waals surface area contributed by atoms with Crippen molar-refractivity contribution in [2.75, 3.05) is 39.5 Å². The predicted molar refractivity (Wildman–Crippen MR) is 75.8 cm³/mol. The Morgan fingerprint density at radius 3 is 2.89 bits per heavy atom. The van der Waals surface area contributed by atoms with Gasteiger partial charge in [0.25, 0.3) is 0 Å². The minimum Gasteiger partial charge on any atom is -0.373 e. The van der Waals surface area contributed by atoms with E-state index in [1.165, 1.54) is 31.5 Å². The van der Waals surface area contributed by atoms with E-state index >= 15 is 0 Å². The highest BCUT2D eigenvalue weighted by atomic mass is 15.2. The summed E-state index contributed by atoms with van der Waals surface area (Å²) in [5.41, 5.74) is 1.30. The van der Waals surface area contributed by atoms with Gasteiger partial charge in [-0.05, 0) is 45.1 Å². The minimum absolute atomic E-state index is 0.697. The molecule has 4 heteroatoms. The van der Waals surface area contributed by atoms with E-state index in [0.717, 1.165) is 12.4 Å². The van der Waals surface area contributed by atoms with Crippen LogP contribution in [-0.2, 0) is 6.54 Å². The molecule has 1 saturated heterocycles. The van der Waals surface area contributed by atoms with E-state index in [9.17, 15) is 0 Å². The van der Waals surface area contributed by atoms with Crippen molar-refractivity contribution in [3.05, 3.63) is 23.9 Å². The molecule has 1 aliphatic rings.